The lowest BCUT2D eigenvalue weighted by Crippen LogP contribution is -2.33. The third-order valence-corrected chi connectivity index (χ3v) is 3.61. The topological polar surface area (TPSA) is 46.9 Å². The molecule has 0 bridgehead atoms. The van der Waals surface area contributed by atoms with Crippen molar-refractivity contribution in [3.8, 4) is 0 Å². The van der Waals surface area contributed by atoms with Crippen molar-refractivity contribution in [1.29, 1.82) is 0 Å². The second kappa shape index (κ2) is 6.03. The Balaban J connectivity index is 1.74. The van der Waals surface area contributed by atoms with Crippen molar-refractivity contribution >= 4 is 5.91 Å². The molecule has 1 amide bonds. The molecule has 1 aromatic rings. The molecule has 0 saturated heterocycles. The zero-order valence-corrected chi connectivity index (χ0v) is 11.4. The molecule has 100 valence electrons. The van der Waals surface area contributed by atoms with E-state index in [2.05, 4.69) is 24.3 Å². The number of aryl methyl sites for hydroxylation is 1. The van der Waals surface area contributed by atoms with Gasteiger partial charge in [-0.1, -0.05) is 26.7 Å². The van der Waals surface area contributed by atoms with E-state index in [0.717, 1.165) is 12.8 Å². The van der Waals surface area contributed by atoms with E-state index in [1.165, 1.54) is 18.4 Å². The molecular weight excluding hydrogens is 226 g/mol. The molecule has 0 radical (unpaired) electrons. The molecule has 0 aliphatic heterocycles. The highest BCUT2D eigenvalue weighted by atomic mass is 16.1. The smallest absolute Gasteiger partial charge is 0.222 e. The molecule has 1 N–H and O–H groups in total. The van der Waals surface area contributed by atoms with Crippen LogP contribution in [0.3, 0.4) is 0 Å². The first kappa shape index (κ1) is 13.1. The average Bonchev–Trinajstić information content (AvgIpc) is 2.96. The molecule has 4 nitrogen and oxygen atoms in total. The minimum absolute atomic E-state index is 0.156. The van der Waals surface area contributed by atoms with Crippen LogP contribution in [0.2, 0.25) is 0 Å². The van der Waals surface area contributed by atoms with Crippen molar-refractivity contribution in [1.82, 2.24) is 15.1 Å². The van der Waals surface area contributed by atoms with Gasteiger partial charge < -0.3 is 5.32 Å². The predicted molar refractivity (Wildman–Crippen MR) is 71.3 cm³/mol. The van der Waals surface area contributed by atoms with E-state index >= 15 is 0 Å². The number of aromatic nitrogens is 2. The number of amides is 1. The molecular formula is C14H23N3O. The Hall–Kier alpha value is -1.32. The van der Waals surface area contributed by atoms with Crippen LogP contribution in [0.5, 0.6) is 0 Å². The van der Waals surface area contributed by atoms with Crippen molar-refractivity contribution in [3.63, 3.8) is 0 Å². The lowest BCUT2D eigenvalue weighted by atomic mass is 10.1. The van der Waals surface area contributed by atoms with Gasteiger partial charge in [-0.3, -0.25) is 9.48 Å². The highest BCUT2D eigenvalue weighted by molar-refractivity contribution is 5.76. The van der Waals surface area contributed by atoms with Gasteiger partial charge in [0.2, 0.25) is 5.91 Å². The third kappa shape index (κ3) is 3.59. The van der Waals surface area contributed by atoms with Crippen LogP contribution < -0.4 is 5.32 Å². The van der Waals surface area contributed by atoms with Crippen molar-refractivity contribution in [2.24, 2.45) is 0 Å². The van der Waals surface area contributed by atoms with E-state index in [4.69, 9.17) is 0 Å². The maximum Gasteiger partial charge on any atom is 0.222 e. The van der Waals surface area contributed by atoms with Gasteiger partial charge in [-0.25, -0.2) is 0 Å². The molecule has 0 unspecified atom stereocenters. The Morgan fingerprint density at radius 3 is 2.83 bits per heavy atom. The largest absolute Gasteiger partial charge is 0.353 e. The first-order valence-electron chi connectivity index (χ1n) is 6.97. The highest BCUT2D eigenvalue weighted by Gasteiger charge is 2.16. The molecule has 4 heteroatoms. The van der Waals surface area contributed by atoms with Gasteiger partial charge in [0, 0.05) is 25.2 Å². The summed E-state index contributed by atoms with van der Waals surface area (Å²) in [5.41, 5.74) is 1.23. The van der Waals surface area contributed by atoms with Gasteiger partial charge in [-0.05, 0) is 24.3 Å². The molecule has 1 fully saturated rings. The molecule has 1 saturated carbocycles. The molecule has 18 heavy (non-hydrogen) atoms. The van der Waals surface area contributed by atoms with Crippen molar-refractivity contribution in [3.05, 3.63) is 18.0 Å². The van der Waals surface area contributed by atoms with Gasteiger partial charge >= 0.3 is 0 Å². The maximum atomic E-state index is 11.8. The summed E-state index contributed by atoms with van der Waals surface area (Å²) in [6.07, 6.45) is 9.24. The van der Waals surface area contributed by atoms with Gasteiger partial charge in [0.05, 0.1) is 6.20 Å². The number of hydrogen-bond acceptors (Lipinski definition) is 2. The molecule has 1 heterocycles. The van der Waals surface area contributed by atoms with Crippen molar-refractivity contribution in [2.45, 2.75) is 64.5 Å². The Bertz CT molecular complexity index is 391. The molecule has 0 atom stereocenters. The molecule has 1 aromatic heterocycles. The van der Waals surface area contributed by atoms with E-state index in [9.17, 15) is 4.79 Å². The van der Waals surface area contributed by atoms with Gasteiger partial charge in [0.15, 0.2) is 0 Å². The lowest BCUT2D eigenvalue weighted by Gasteiger charge is -2.11. The van der Waals surface area contributed by atoms with Crippen molar-refractivity contribution in [2.75, 3.05) is 0 Å². The van der Waals surface area contributed by atoms with E-state index < -0.39 is 0 Å². The second-order valence-corrected chi connectivity index (χ2v) is 5.49. The van der Waals surface area contributed by atoms with Crippen molar-refractivity contribution < 1.29 is 4.79 Å². The Labute approximate surface area is 109 Å². The minimum atomic E-state index is 0.156. The summed E-state index contributed by atoms with van der Waals surface area (Å²) in [4.78, 5) is 11.8. The Morgan fingerprint density at radius 1 is 1.50 bits per heavy atom. The summed E-state index contributed by atoms with van der Waals surface area (Å²) < 4.78 is 1.86. The Morgan fingerprint density at radius 2 is 2.22 bits per heavy atom. The van der Waals surface area contributed by atoms with Crippen LogP contribution in [0.4, 0.5) is 0 Å². The first-order valence-corrected chi connectivity index (χ1v) is 6.97. The van der Waals surface area contributed by atoms with Crippen LogP contribution in [-0.4, -0.2) is 21.7 Å². The monoisotopic (exact) mass is 249 g/mol. The summed E-state index contributed by atoms with van der Waals surface area (Å²) >= 11 is 0. The minimum Gasteiger partial charge on any atom is -0.353 e. The fourth-order valence-corrected chi connectivity index (χ4v) is 2.39. The van der Waals surface area contributed by atoms with E-state index in [-0.39, 0.29) is 5.91 Å². The van der Waals surface area contributed by atoms with Crippen LogP contribution in [0.1, 0.15) is 57.4 Å². The number of nitrogens with one attached hydrogen (secondary N) is 1. The molecule has 0 aromatic carbocycles. The quantitative estimate of drug-likeness (QED) is 0.871. The van der Waals surface area contributed by atoms with Gasteiger partial charge in [-0.2, -0.15) is 5.10 Å². The first-order chi connectivity index (χ1) is 8.65. The Kier molecular flexibility index (Phi) is 4.39. The SMILES string of the molecule is CC(C)c1cnn(CCC(=O)NC2CCCC2)c1. The normalized spacial score (nSPS) is 16.4. The fraction of sp³-hybridized carbons (Fsp3) is 0.714. The zero-order chi connectivity index (χ0) is 13.0. The van der Waals surface area contributed by atoms with Crippen LogP contribution in [0.15, 0.2) is 12.4 Å². The lowest BCUT2D eigenvalue weighted by molar-refractivity contribution is -0.122. The summed E-state index contributed by atoms with van der Waals surface area (Å²) in [5.74, 6) is 0.648. The molecule has 1 aliphatic carbocycles. The highest BCUT2D eigenvalue weighted by Crippen LogP contribution is 2.17. The number of carbonyl (C=O) groups excluding carboxylic acids is 1. The predicted octanol–water partition coefficient (Wildman–Crippen LogP) is 2.46. The van der Waals surface area contributed by atoms with Crippen LogP contribution in [-0.2, 0) is 11.3 Å². The van der Waals surface area contributed by atoms with Gasteiger partial charge in [0.1, 0.15) is 0 Å². The summed E-state index contributed by atoms with van der Waals surface area (Å²) in [6.45, 7) is 4.97. The zero-order valence-electron chi connectivity index (χ0n) is 11.4. The summed E-state index contributed by atoms with van der Waals surface area (Å²) in [6, 6.07) is 0.418. The molecule has 1 aliphatic rings. The van der Waals surface area contributed by atoms with E-state index in [0.29, 0.717) is 24.9 Å². The number of carbonyl (C=O) groups is 1. The van der Waals surface area contributed by atoms with Gasteiger partial charge in [-0.15, -0.1) is 0 Å². The average molecular weight is 249 g/mol. The second-order valence-electron chi connectivity index (χ2n) is 5.49. The standard InChI is InChI=1S/C14H23N3O/c1-11(2)12-9-15-17(10-12)8-7-14(18)16-13-5-3-4-6-13/h9-11,13H,3-8H2,1-2H3,(H,16,18). The van der Waals surface area contributed by atoms with Gasteiger partial charge in [0.25, 0.3) is 0 Å². The summed E-state index contributed by atoms with van der Waals surface area (Å²) in [5, 5.41) is 7.38. The number of nitrogens with zero attached hydrogens (tertiary/aromatic N) is 2. The fourth-order valence-electron chi connectivity index (χ4n) is 2.39. The summed E-state index contributed by atoms with van der Waals surface area (Å²) in [7, 11) is 0. The van der Waals surface area contributed by atoms with Crippen LogP contribution in [0.25, 0.3) is 0 Å². The van der Waals surface area contributed by atoms with E-state index in [1.807, 2.05) is 17.1 Å². The maximum absolute atomic E-state index is 11.8. The third-order valence-electron chi connectivity index (χ3n) is 3.61. The number of rotatable bonds is 5. The molecule has 0 spiro atoms. The molecule has 2 rings (SSSR count). The van der Waals surface area contributed by atoms with Crippen LogP contribution in [0, 0.1) is 0 Å². The van der Waals surface area contributed by atoms with E-state index in [1.54, 1.807) is 0 Å². The van der Waals surface area contributed by atoms with Crippen LogP contribution >= 0.6 is 0 Å². The number of hydrogen-bond donors (Lipinski definition) is 1.